The summed E-state index contributed by atoms with van der Waals surface area (Å²) in [6.45, 7) is 4.69. The lowest BCUT2D eigenvalue weighted by atomic mass is 10.1. The number of pyridine rings is 1. The number of aromatic nitrogens is 1. The van der Waals surface area contributed by atoms with Crippen LogP contribution in [-0.2, 0) is 6.54 Å². The Morgan fingerprint density at radius 3 is 2.19 bits per heavy atom. The molecule has 7 heteroatoms. The first-order valence-corrected chi connectivity index (χ1v) is 11.2. The highest BCUT2D eigenvalue weighted by molar-refractivity contribution is 6.04. The monoisotopic (exact) mass is 422 g/mol. The van der Waals surface area contributed by atoms with Crippen LogP contribution in [0.3, 0.4) is 0 Å². The quantitative estimate of drug-likeness (QED) is 0.777. The fourth-order valence-corrected chi connectivity index (χ4v) is 4.09. The van der Waals surface area contributed by atoms with Crippen LogP contribution in [0.25, 0.3) is 0 Å². The zero-order valence-electron chi connectivity index (χ0n) is 17.9. The molecule has 4 rings (SSSR count). The molecule has 0 aliphatic carbocycles. The number of likely N-dealkylation sites (tertiary alicyclic amines) is 2. The Hall–Kier alpha value is -2.93. The molecule has 0 bridgehead atoms. The molecule has 0 saturated carbocycles. The molecule has 2 fully saturated rings. The highest BCUT2D eigenvalue weighted by atomic mass is 16.6. The largest absolute Gasteiger partial charge is 0.416 e. The van der Waals surface area contributed by atoms with Gasteiger partial charge >= 0.3 is 6.09 Å². The Morgan fingerprint density at radius 2 is 1.55 bits per heavy atom. The van der Waals surface area contributed by atoms with E-state index < -0.39 is 0 Å². The Kier molecular flexibility index (Phi) is 7.14. The highest BCUT2D eigenvalue weighted by Crippen LogP contribution is 2.17. The van der Waals surface area contributed by atoms with Gasteiger partial charge in [-0.05, 0) is 69.0 Å². The molecule has 2 saturated heterocycles. The summed E-state index contributed by atoms with van der Waals surface area (Å²) in [6.07, 6.45) is 8.16. The van der Waals surface area contributed by atoms with Crippen molar-refractivity contribution in [3.8, 4) is 5.88 Å². The number of ether oxygens (including phenoxy) is 1. The van der Waals surface area contributed by atoms with Crippen molar-refractivity contribution < 1.29 is 14.3 Å². The van der Waals surface area contributed by atoms with Crippen molar-refractivity contribution in [3.63, 3.8) is 0 Å². The van der Waals surface area contributed by atoms with Gasteiger partial charge in [0.15, 0.2) is 0 Å². The standard InChI is InChI=1S/C24H30N4O3/c29-23(20-9-7-19(8-10-20)18-27-13-3-1-4-14-27)26-21-11-12-22(25-17-21)31-24(30)28-15-5-2-6-16-28/h7-12,17H,1-6,13-16,18H2,(H,26,29). The molecule has 1 N–H and O–H groups in total. The number of anilines is 1. The molecule has 0 spiro atoms. The number of piperidine rings is 2. The zero-order chi connectivity index (χ0) is 21.5. The maximum atomic E-state index is 12.5. The van der Waals surface area contributed by atoms with E-state index >= 15 is 0 Å². The summed E-state index contributed by atoms with van der Waals surface area (Å²) >= 11 is 0. The molecular weight excluding hydrogens is 392 g/mol. The van der Waals surface area contributed by atoms with Crippen molar-refractivity contribution in [3.05, 3.63) is 53.7 Å². The van der Waals surface area contributed by atoms with Gasteiger partial charge in [0.2, 0.25) is 5.88 Å². The van der Waals surface area contributed by atoms with Crippen LogP contribution in [0.1, 0.15) is 54.4 Å². The van der Waals surface area contributed by atoms with Crippen LogP contribution in [0.15, 0.2) is 42.6 Å². The second kappa shape index (κ2) is 10.4. The molecular formula is C24H30N4O3. The third-order valence-corrected chi connectivity index (χ3v) is 5.87. The van der Waals surface area contributed by atoms with Gasteiger partial charge in [-0.25, -0.2) is 9.78 Å². The van der Waals surface area contributed by atoms with Crippen LogP contribution in [0.4, 0.5) is 10.5 Å². The molecule has 2 amide bonds. The first-order valence-electron chi connectivity index (χ1n) is 11.2. The fourth-order valence-electron chi connectivity index (χ4n) is 4.09. The van der Waals surface area contributed by atoms with Gasteiger partial charge in [0.25, 0.3) is 5.91 Å². The average molecular weight is 423 g/mol. The van der Waals surface area contributed by atoms with E-state index in [1.807, 2.05) is 24.3 Å². The van der Waals surface area contributed by atoms with E-state index in [0.29, 0.717) is 11.3 Å². The Balaban J connectivity index is 1.28. The van der Waals surface area contributed by atoms with Crippen molar-refractivity contribution in [1.82, 2.24) is 14.8 Å². The molecule has 31 heavy (non-hydrogen) atoms. The van der Waals surface area contributed by atoms with Crippen LogP contribution in [0.2, 0.25) is 0 Å². The van der Waals surface area contributed by atoms with Crippen molar-refractivity contribution in [2.75, 3.05) is 31.5 Å². The molecule has 2 aromatic rings. The van der Waals surface area contributed by atoms with Gasteiger partial charge in [-0.3, -0.25) is 9.69 Å². The van der Waals surface area contributed by atoms with E-state index in [-0.39, 0.29) is 17.9 Å². The predicted molar refractivity (Wildman–Crippen MR) is 119 cm³/mol. The van der Waals surface area contributed by atoms with Gasteiger partial charge in [0, 0.05) is 31.3 Å². The van der Waals surface area contributed by atoms with Crippen molar-refractivity contribution in [1.29, 1.82) is 0 Å². The summed E-state index contributed by atoms with van der Waals surface area (Å²) in [6, 6.07) is 11.0. The number of carbonyl (C=O) groups is 2. The Morgan fingerprint density at radius 1 is 0.871 bits per heavy atom. The molecule has 0 unspecified atom stereocenters. The average Bonchev–Trinajstić information content (AvgIpc) is 2.82. The van der Waals surface area contributed by atoms with Crippen LogP contribution in [-0.4, -0.2) is 53.0 Å². The van der Waals surface area contributed by atoms with Crippen molar-refractivity contribution in [2.45, 2.75) is 45.1 Å². The molecule has 1 aromatic heterocycles. The predicted octanol–water partition coefficient (Wildman–Crippen LogP) is 4.30. The fraction of sp³-hybridized carbons (Fsp3) is 0.458. The molecule has 0 atom stereocenters. The molecule has 0 radical (unpaired) electrons. The van der Waals surface area contributed by atoms with Gasteiger partial charge in [0.05, 0.1) is 11.9 Å². The number of benzene rings is 1. The minimum absolute atomic E-state index is 0.190. The summed E-state index contributed by atoms with van der Waals surface area (Å²) < 4.78 is 5.33. The maximum absolute atomic E-state index is 12.5. The lowest BCUT2D eigenvalue weighted by Gasteiger charge is -2.26. The second-order valence-electron chi connectivity index (χ2n) is 8.29. The second-order valence-corrected chi connectivity index (χ2v) is 8.29. The van der Waals surface area contributed by atoms with Crippen molar-refractivity contribution >= 4 is 17.7 Å². The number of amides is 2. The molecule has 7 nitrogen and oxygen atoms in total. The first kappa shape index (κ1) is 21.3. The number of rotatable bonds is 5. The molecule has 2 aliphatic rings. The van der Waals surface area contributed by atoms with Crippen LogP contribution in [0, 0.1) is 0 Å². The summed E-state index contributed by atoms with van der Waals surface area (Å²) in [5.74, 6) is 0.0417. The maximum Gasteiger partial charge on any atom is 0.416 e. The summed E-state index contributed by atoms with van der Waals surface area (Å²) in [4.78, 5) is 33.0. The SMILES string of the molecule is O=C(Nc1ccc(OC(=O)N2CCCCC2)nc1)c1ccc(CN2CCCCC2)cc1. The smallest absolute Gasteiger partial charge is 0.391 e. The molecule has 2 aliphatic heterocycles. The number of carbonyl (C=O) groups excluding carboxylic acids is 2. The van der Waals surface area contributed by atoms with E-state index in [9.17, 15) is 9.59 Å². The minimum Gasteiger partial charge on any atom is -0.391 e. The van der Waals surface area contributed by atoms with Gasteiger partial charge in [-0.1, -0.05) is 18.6 Å². The third-order valence-electron chi connectivity index (χ3n) is 5.87. The summed E-state index contributed by atoms with van der Waals surface area (Å²) in [5.41, 5.74) is 2.38. The molecule has 1 aromatic carbocycles. The van der Waals surface area contributed by atoms with E-state index in [1.54, 1.807) is 17.0 Å². The van der Waals surface area contributed by atoms with E-state index in [2.05, 4.69) is 15.2 Å². The van der Waals surface area contributed by atoms with Crippen LogP contribution >= 0.6 is 0 Å². The van der Waals surface area contributed by atoms with Crippen LogP contribution < -0.4 is 10.1 Å². The third kappa shape index (κ3) is 6.04. The molecule has 3 heterocycles. The van der Waals surface area contributed by atoms with Gasteiger partial charge in [-0.15, -0.1) is 0 Å². The molecule has 164 valence electrons. The number of hydrogen-bond acceptors (Lipinski definition) is 5. The van der Waals surface area contributed by atoms with Gasteiger partial charge in [0.1, 0.15) is 0 Å². The minimum atomic E-state index is -0.367. The number of hydrogen-bond donors (Lipinski definition) is 1. The lowest BCUT2D eigenvalue weighted by Crippen LogP contribution is -2.37. The normalized spacial score (nSPS) is 17.2. The Labute approximate surface area is 183 Å². The van der Waals surface area contributed by atoms with Crippen LogP contribution in [0.5, 0.6) is 5.88 Å². The Bertz CT molecular complexity index is 871. The lowest BCUT2D eigenvalue weighted by molar-refractivity contribution is 0.102. The summed E-state index contributed by atoms with van der Waals surface area (Å²) in [7, 11) is 0. The van der Waals surface area contributed by atoms with Crippen molar-refractivity contribution in [2.24, 2.45) is 0 Å². The first-order chi connectivity index (χ1) is 15.2. The topological polar surface area (TPSA) is 74.8 Å². The highest BCUT2D eigenvalue weighted by Gasteiger charge is 2.19. The number of nitrogens with one attached hydrogen (secondary N) is 1. The van der Waals surface area contributed by atoms with E-state index in [0.717, 1.165) is 52.0 Å². The van der Waals surface area contributed by atoms with Gasteiger partial charge < -0.3 is 15.0 Å². The van der Waals surface area contributed by atoms with Gasteiger partial charge in [-0.2, -0.15) is 0 Å². The van der Waals surface area contributed by atoms with E-state index in [4.69, 9.17) is 4.74 Å². The summed E-state index contributed by atoms with van der Waals surface area (Å²) in [5, 5.41) is 2.84. The van der Waals surface area contributed by atoms with E-state index in [1.165, 1.54) is 31.0 Å². The number of nitrogens with zero attached hydrogens (tertiary/aromatic N) is 3. The zero-order valence-corrected chi connectivity index (χ0v) is 17.9.